The van der Waals surface area contributed by atoms with Crippen molar-refractivity contribution in [3.63, 3.8) is 0 Å². The summed E-state index contributed by atoms with van der Waals surface area (Å²) in [6.07, 6.45) is -3.31. The van der Waals surface area contributed by atoms with Crippen LogP contribution in [-0.4, -0.2) is 28.1 Å². The molecule has 1 aromatic heterocycles. The lowest BCUT2D eigenvalue weighted by Crippen LogP contribution is -2.46. The number of aliphatic hydroxyl groups excluding tert-OH is 1. The van der Waals surface area contributed by atoms with Crippen LogP contribution in [0.15, 0.2) is 18.3 Å². The van der Waals surface area contributed by atoms with Gasteiger partial charge in [-0.25, -0.2) is 0 Å². The highest BCUT2D eigenvalue weighted by Crippen LogP contribution is 2.28. The highest BCUT2D eigenvalue weighted by Gasteiger charge is 2.32. The highest BCUT2D eigenvalue weighted by atomic mass is 19.4. The number of carbonyl (C=O) groups excluding carboxylic acids is 1. The molecule has 2 N–H and O–H groups in total. The quantitative estimate of drug-likeness (QED) is 0.843. The summed E-state index contributed by atoms with van der Waals surface area (Å²) >= 11 is 0. The number of pyridine rings is 1. The predicted molar refractivity (Wildman–Crippen MR) is 55.7 cm³/mol. The zero-order valence-electron chi connectivity index (χ0n) is 9.24. The van der Waals surface area contributed by atoms with Crippen LogP contribution in [0.1, 0.15) is 28.9 Å². The molecule has 0 spiro atoms. The van der Waals surface area contributed by atoms with Gasteiger partial charge in [0.05, 0.1) is 11.7 Å². The number of carbonyl (C=O) groups is 1. The molecule has 0 radical (unpaired) electrons. The van der Waals surface area contributed by atoms with E-state index in [1.165, 1.54) is 0 Å². The highest BCUT2D eigenvalue weighted by molar-refractivity contribution is 5.92. The topological polar surface area (TPSA) is 62.2 Å². The summed E-state index contributed by atoms with van der Waals surface area (Å²) in [5.41, 5.74) is -0.956. The molecule has 0 unspecified atom stereocenters. The number of aromatic nitrogens is 1. The maximum atomic E-state index is 12.3. The Balaban J connectivity index is 1.99. The summed E-state index contributed by atoms with van der Waals surface area (Å²) in [4.78, 5) is 15.1. The lowest BCUT2D eigenvalue weighted by atomic mass is 9.89. The Bertz CT molecular complexity index is 439. The number of rotatable bonds is 2. The van der Waals surface area contributed by atoms with Crippen LogP contribution in [-0.2, 0) is 6.18 Å². The first-order chi connectivity index (χ1) is 8.36. The summed E-state index contributed by atoms with van der Waals surface area (Å²) in [7, 11) is 0. The fraction of sp³-hybridized carbons (Fsp3) is 0.455. The molecule has 1 aliphatic carbocycles. The number of alkyl halides is 3. The van der Waals surface area contributed by atoms with Crippen molar-refractivity contribution in [2.75, 3.05) is 0 Å². The van der Waals surface area contributed by atoms with Gasteiger partial charge in [-0.3, -0.25) is 9.78 Å². The molecular formula is C11H11F3N2O2. The van der Waals surface area contributed by atoms with Crippen molar-refractivity contribution >= 4 is 5.91 Å². The molecule has 98 valence electrons. The van der Waals surface area contributed by atoms with Gasteiger partial charge in [0.15, 0.2) is 0 Å². The van der Waals surface area contributed by atoms with Crippen LogP contribution < -0.4 is 5.32 Å². The molecule has 18 heavy (non-hydrogen) atoms. The SMILES string of the molecule is O=C(NC1CC(O)C1)c1ccc(C(F)(F)F)cn1. The van der Waals surface area contributed by atoms with E-state index in [1.807, 2.05) is 0 Å². The number of amides is 1. The van der Waals surface area contributed by atoms with E-state index in [4.69, 9.17) is 5.11 Å². The van der Waals surface area contributed by atoms with Gasteiger partial charge in [0, 0.05) is 12.2 Å². The molecular weight excluding hydrogens is 249 g/mol. The molecule has 1 heterocycles. The van der Waals surface area contributed by atoms with Crippen LogP contribution in [0.4, 0.5) is 13.2 Å². The van der Waals surface area contributed by atoms with Crippen molar-refractivity contribution in [2.45, 2.75) is 31.2 Å². The van der Waals surface area contributed by atoms with Crippen LogP contribution >= 0.6 is 0 Å². The molecule has 7 heteroatoms. The van der Waals surface area contributed by atoms with Crippen molar-refractivity contribution in [3.8, 4) is 0 Å². The molecule has 1 fully saturated rings. The maximum absolute atomic E-state index is 12.3. The fourth-order valence-corrected chi connectivity index (χ4v) is 1.66. The maximum Gasteiger partial charge on any atom is 0.417 e. The van der Waals surface area contributed by atoms with E-state index in [0.29, 0.717) is 19.0 Å². The Morgan fingerprint density at radius 1 is 1.39 bits per heavy atom. The number of aliphatic hydroxyl groups is 1. The monoisotopic (exact) mass is 260 g/mol. The minimum atomic E-state index is -4.46. The lowest BCUT2D eigenvalue weighted by Gasteiger charge is -2.31. The number of hydrogen-bond acceptors (Lipinski definition) is 3. The zero-order chi connectivity index (χ0) is 13.3. The summed E-state index contributed by atoms with van der Waals surface area (Å²) in [5, 5.41) is 11.6. The molecule has 0 aliphatic heterocycles. The third-order valence-corrected chi connectivity index (χ3v) is 2.77. The Kier molecular flexibility index (Phi) is 3.25. The molecule has 0 saturated heterocycles. The van der Waals surface area contributed by atoms with Gasteiger partial charge in [-0.05, 0) is 25.0 Å². The van der Waals surface area contributed by atoms with Crippen LogP contribution in [0, 0.1) is 0 Å². The molecule has 1 aromatic rings. The van der Waals surface area contributed by atoms with Gasteiger partial charge in [-0.2, -0.15) is 13.2 Å². The first kappa shape index (κ1) is 12.8. The van der Waals surface area contributed by atoms with Crippen LogP contribution in [0.25, 0.3) is 0 Å². The lowest BCUT2D eigenvalue weighted by molar-refractivity contribution is -0.137. The zero-order valence-corrected chi connectivity index (χ0v) is 9.24. The number of nitrogens with zero attached hydrogens (tertiary/aromatic N) is 1. The molecule has 0 bridgehead atoms. The fourth-order valence-electron chi connectivity index (χ4n) is 1.66. The number of nitrogens with one attached hydrogen (secondary N) is 1. The minimum absolute atomic E-state index is 0.0654. The molecule has 2 rings (SSSR count). The minimum Gasteiger partial charge on any atom is -0.393 e. The number of hydrogen-bond donors (Lipinski definition) is 2. The first-order valence-electron chi connectivity index (χ1n) is 5.38. The molecule has 1 aliphatic rings. The summed E-state index contributed by atoms with van der Waals surface area (Å²) in [6.45, 7) is 0. The largest absolute Gasteiger partial charge is 0.417 e. The summed E-state index contributed by atoms with van der Waals surface area (Å²) in [5.74, 6) is -0.527. The van der Waals surface area contributed by atoms with Gasteiger partial charge < -0.3 is 10.4 Å². The van der Waals surface area contributed by atoms with Gasteiger partial charge in [0.2, 0.25) is 0 Å². The van der Waals surface area contributed by atoms with E-state index in [-0.39, 0.29) is 11.7 Å². The van der Waals surface area contributed by atoms with E-state index in [9.17, 15) is 18.0 Å². The van der Waals surface area contributed by atoms with Gasteiger partial charge in [-0.1, -0.05) is 0 Å². The predicted octanol–water partition coefficient (Wildman–Crippen LogP) is 1.35. The Labute approximate surface area is 101 Å². The van der Waals surface area contributed by atoms with Gasteiger partial charge in [-0.15, -0.1) is 0 Å². The molecule has 0 atom stereocenters. The van der Waals surface area contributed by atoms with E-state index < -0.39 is 23.8 Å². The van der Waals surface area contributed by atoms with Crippen molar-refractivity contribution < 1.29 is 23.1 Å². The van der Waals surface area contributed by atoms with Crippen molar-refractivity contribution in [1.82, 2.24) is 10.3 Å². The average molecular weight is 260 g/mol. The summed E-state index contributed by atoms with van der Waals surface area (Å²) in [6, 6.07) is 1.72. The second kappa shape index (κ2) is 4.56. The normalized spacial score (nSPS) is 23.3. The Hall–Kier alpha value is -1.63. The van der Waals surface area contributed by atoms with E-state index in [2.05, 4.69) is 10.3 Å². The smallest absolute Gasteiger partial charge is 0.393 e. The van der Waals surface area contributed by atoms with E-state index in [0.717, 1.165) is 12.1 Å². The van der Waals surface area contributed by atoms with E-state index in [1.54, 1.807) is 0 Å². The third kappa shape index (κ3) is 2.79. The standard InChI is InChI=1S/C11H11F3N2O2/c12-11(13,14)6-1-2-9(15-5-6)10(18)16-7-3-8(17)4-7/h1-2,5,7-8,17H,3-4H2,(H,16,18). The molecule has 0 aromatic carbocycles. The Morgan fingerprint density at radius 2 is 2.06 bits per heavy atom. The van der Waals surface area contributed by atoms with Crippen molar-refractivity contribution in [2.24, 2.45) is 0 Å². The molecule has 4 nitrogen and oxygen atoms in total. The van der Waals surface area contributed by atoms with E-state index >= 15 is 0 Å². The number of halogens is 3. The van der Waals surface area contributed by atoms with Gasteiger partial charge in [0.1, 0.15) is 5.69 Å². The average Bonchev–Trinajstić information content (AvgIpc) is 2.26. The summed E-state index contributed by atoms with van der Waals surface area (Å²) < 4.78 is 36.8. The van der Waals surface area contributed by atoms with Crippen LogP contribution in [0.3, 0.4) is 0 Å². The Morgan fingerprint density at radius 3 is 2.50 bits per heavy atom. The van der Waals surface area contributed by atoms with Crippen molar-refractivity contribution in [1.29, 1.82) is 0 Å². The first-order valence-corrected chi connectivity index (χ1v) is 5.38. The second-order valence-electron chi connectivity index (χ2n) is 4.23. The molecule has 1 saturated carbocycles. The van der Waals surface area contributed by atoms with Crippen LogP contribution in [0.2, 0.25) is 0 Å². The van der Waals surface area contributed by atoms with Crippen LogP contribution in [0.5, 0.6) is 0 Å². The van der Waals surface area contributed by atoms with Crippen molar-refractivity contribution in [3.05, 3.63) is 29.6 Å². The molecule has 1 amide bonds. The van der Waals surface area contributed by atoms with Gasteiger partial charge in [0.25, 0.3) is 5.91 Å². The van der Waals surface area contributed by atoms with Gasteiger partial charge >= 0.3 is 6.18 Å². The second-order valence-corrected chi connectivity index (χ2v) is 4.23. The third-order valence-electron chi connectivity index (χ3n) is 2.77.